The number of ether oxygens (including phenoxy) is 2. The minimum Gasteiger partial charge on any atom is -0.463 e. The Morgan fingerprint density at radius 2 is 2.00 bits per heavy atom. The van der Waals surface area contributed by atoms with E-state index in [-0.39, 0.29) is 42.1 Å². The largest absolute Gasteiger partial charge is 0.463 e. The van der Waals surface area contributed by atoms with Crippen LogP contribution in [0.1, 0.15) is 42.6 Å². The number of carbonyl (C=O) groups excluding carboxylic acids is 4. The molecule has 13 heteroatoms. The Morgan fingerprint density at radius 1 is 1.36 bits per heavy atom. The molecule has 2 aromatic rings. The van der Waals surface area contributed by atoms with E-state index < -0.39 is 23.9 Å². The highest BCUT2D eigenvalue weighted by molar-refractivity contribution is 7.11. The summed E-state index contributed by atoms with van der Waals surface area (Å²) >= 11 is 6.83. The van der Waals surface area contributed by atoms with Crippen LogP contribution in [0.15, 0.2) is 29.8 Å². The van der Waals surface area contributed by atoms with Crippen LogP contribution >= 0.6 is 35.3 Å². The summed E-state index contributed by atoms with van der Waals surface area (Å²) in [6.07, 6.45) is 0.939. The molecule has 0 bridgehead atoms. The van der Waals surface area contributed by atoms with Crippen molar-refractivity contribution in [2.45, 2.75) is 33.3 Å². The Hall–Kier alpha value is -2.89. The maximum atomic E-state index is 12.3. The summed E-state index contributed by atoms with van der Waals surface area (Å²) in [5.41, 5.74) is 5.40. The number of nitrogens with zero attached hydrogens (tertiary/aromatic N) is 1. The number of Topliss-reactive ketones (excluding diaryl/α,β-unsaturated/α-hetero) is 1. The van der Waals surface area contributed by atoms with Crippen LogP contribution in [0, 0.1) is 11.2 Å². The van der Waals surface area contributed by atoms with Crippen LogP contribution in [-0.4, -0.2) is 47.5 Å². The van der Waals surface area contributed by atoms with Gasteiger partial charge in [0.25, 0.3) is 0 Å². The van der Waals surface area contributed by atoms with Gasteiger partial charge in [-0.05, 0) is 39.0 Å². The second-order valence-corrected chi connectivity index (χ2v) is 7.10. The SMILES string of the molecule is CCOC(=O)[C@@H](C)OC(=O)CC(C)=O.Cl.N=C(N)c1nccs1.O=Cc1ccc(F)cc1Cl. The molecule has 0 unspecified atom stereocenters. The molecule has 0 aliphatic heterocycles. The number of amidine groups is 1. The number of carbonyl (C=O) groups is 4. The Kier molecular flexibility index (Phi) is 17.3. The molecule has 1 heterocycles. The smallest absolute Gasteiger partial charge is 0.347 e. The van der Waals surface area contributed by atoms with Gasteiger partial charge < -0.3 is 15.2 Å². The van der Waals surface area contributed by atoms with Crippen molar-refractivity contribution in [2.75, 3.05) is 6.61 Å². The van der Waals surface area contributed by atoms with Gasteiger partial charge in [-0.3, -0.25) is 19.8 Å². The number of nitrogens with two attached hydrogens (primary N) is 1. The summed E-state index contributed by atoms with van der Waals surface area (Å²) in [6.45, 7) is 4.56. The number of thiazole rings is 1. The van der Waals surface area contributed by atoms with Gasteiger partial charge in [0.2, 0.25) is 0 Å². The van der Waals surface area contributed by atoms with Gasteiger partial charge in [-0.2, -0.15) is 0 Å². The number of hydrogen-bond acceptors (Lipinski definition) is 9. The summed E-state index contributed by atoms with van der Waals surface area (Å²) < 4.78 is 21.5. The van der Waals surface area contributed by atoms with E-state index in [4.69, 9.17) is 22.7 Å². The molecule has 182 valence electrons. The summed E-state index contributed by atoms with van der Waals surface area (Å²) in [6, 6.07) is 3.63. The first kappa shape index (κ1) is 32.3. The van der Waals surface area contributed by atoms with Gasteiger partial charge in [-0.15, -0.1) is 23.7 Å². The molecule has 33 heavy (non-hydrogen) atoms. The summed E-state index contributed by atoms with van der Waals surface area (Å²) in [7, 11) is 0. The standard InChI is InChI=1S/C9H14O5.C7H4ClFO.C4H5N3S.ClH/c1-4-13-9(12)7(3)14-8(11)5-6(2)10;8-7-3-6(9)2-1-5(7)4-10;5-3(6)4-7-1-2-8-4;/h7H,4-5H2,1-3H3;1-4H;1-2H,(H3,5,6);1H/t7-;;;/m1.../s1. The molecular formula is C20H24Cl2FN3O6S. The maximum absolute atomic E-state index is 12.3. The van der Waals surface area contributed by atoms with E-state index in [9.17, 15) is 23.6 Å². The van der Waals surface area contributed by atoms with Crippen LogP contribution in [0.4, 0.5) is 4.39 Å². The lowest BCUT2D eigenvalue weighted by Gasteiger charge is -2.10. The van der Waals surface area contributed by atoms with Crippen molar-refractivity contribution in [2.24, 2.45) is 5.73 Å². The zero-order chi connectivity index (χ0) is 24.7. The quantitative estimate of drug-likeness (QED) is 0.183. The molecule has 0 spiro atoms. The van der Waals surface area contributed by atoms with E-state index in [2.05, 4.69) is 14.5 Å². The van der Waals surface area contributed by atoms with Crippen LogP contribution in [0.5, 0.6) is 0 Å². The molecule has 9 nitrogen and oxygen atoms in total. The monoisotopic (exact) mass is 523 g/mol. The molecule has 0 aliphatic rings. The lowest BCUT2D eigenvalue weighted by atomic mass is 10.2. The van der Waals surface area contributed by atoms with Crippen molar-refractivity contribution in [3.8, 4) is 0 Å². The molecule has 1 aromatic carbocycles. The van der Waals surface area contributed by atoms with Crippen molar-refractivity contribution in [1.29, 1.82) is 5.41 Å². The number of aldehydes is 1. The average Bonchev–Trinajstić information content (AvgIpc) is 3.24. The summed E-state index contributed by atoms with van der Waals surface area (Å²) in [5, 5.41) is 9.40. The van der Waals surface area contributed by atoms with Crippen LogP contribution in [0.25, 0.3) is 0 Å². The normalized spacial score (nSPS) is 9.97. The number of halogens is 3. The number of nitrogen functional groups attached to an aromatic ring is 1. The molecule has 1 aromatic heterocycles. The lowest BCUT2D eigenvalue weighted by Crippen LogP contribution is -2.26. The van der Waals surface area contributed by atoms with E-state index in [1.807, 2.05) is 0 Å². The van der Waals surface area contributed by atoms with Gasteiger partial charge in [-0.25, -0.2) is 14.2 Å². The number of aromatic nitrogens is 1. The fourth-order valence-electron chi connectivity index (χ4n) is 1.70. The second-order valence-electron chi connectivity index (χ2n) is 5.80. The first-order chi connectivity index (χ1) is 15.0. The van der Waals surface area contributed by atoms with Gasteiger partial charge >= 0.3 is 11.9 Å². The topological polar surface area (TPSA) is 150 Å². The minimum atomic E-state index is -0.957. The Balaban J connectivity index is 0. The highest BCUT2D eigenvalue weighted by Gasteiger charge is 2.19. The Morgan fingerprint density at radius 3 is 2.39 bits per heavy atom. The number of nitrogens with one attached hydrogen (secondary N) is 1. The number of ketones is 1. The predicted octanol–water partition coefficient (Wildman–Crippen LogP) is 3.60. The summed E-state index contributed by atoms with van der Waals surface area (Å²) in [5.74, 6) is -2.01. The molecule has 0 aliphatic carbocycles. The van der Waals surface area contributed by atoms with Gasteiger partial charge in [0.1, 0.15) is 18.0 Å². The maximum Gasteiger partial charge on any atom is 0.347 e. The Bertz CT molecular complexity index is 929. The molecule has 1 atom stereocenters. The van der Waals surface area contributed by atoms with Gasteiger partial charge in [0, 0.05) is 17.1 Å². The molecule has 2 rings (SSSR count). The third-order valence-corrected chi connectivity index (χ3v) is 4.21. The fourth-order valence-corrected chi connectivity index (χ4v) is 2.41. The fraction of sp³-hybridized carbons (Fsp3) is 0.300. The van der Waals surface area contributed by atoms with Crippen LogP contribution in [0.3, 0.4) is 0 Å². The van der Waals surface area contributed by atoms with Crippen LogP contribution < -0.4 is 5.73 Å². The first-order valence-electron chi connectivity index (χ1n) is 9.01. The van der Waals surface area contributed by atoms with E-state index in [1.54, 1.807) is 18.5 Å². The number of benzene rings is 1. The predicted molar refractivity (Wildman–Crippen MR) is 125 cm³/mol. The van der Waals surface area contributed by atoms with E-state index >= 15 is 0 Å². The zero-order valence-corrected chi connectivity index (χ0v) is 20.4. The molecule has 0 saturated heterocycles. The third kappa shape index (κ3) is 14.7. The van der Waals surface area contributed by atoms with E-state index in [0.29, 0.717) is 16.9 Å². The molecular weight excluding hydrogens is 500 g/mol. The average molecular weight is 524 g/mol. The van der Waals surface area contributed by atoms with E-state index in [1.165, 1.54) is 37.3 Å². The van der Waals surface area contributed by atoms with Crippen molar-refractivity contribution < 1.29 is 33.0 Å². The van der Waals surface area contributed by atoms with Crippen molar-refractivity contribution >= 4 is 65.2 Å². The van der Waals surface area contributed by atoms with Gasteiger partial charge in [0.15, 0.2) is 23.2 Å². The van der Waals surface area contributed by atoms with Crippen molar-refractivity contribution in [3.63, 3.8) is 0 Å². The highest BCUT2D eigenvalue weighted by atomic mass is 35.5. The number of hydrogen-bond donors (Lipinski definition) is 2. The summed E-state index contributed by atoms with van der Waals surface area (Å²) in [4.78, 5) is 46.3. The van der Waals surface area contributed by atoms with Crippen LogP contribution in [-0.2, 0) is 23.9 Å². The molecule has 3 N–H and O–H groups in total. The van der Waals surface area contributed by atoms with Crippen LogP contribution in [0.2, 0.25) is 5.02 Å². The van der Waals surface area contributed by atoms with Gasteiger partial charge in [0.05, 0.1) is 11.6 Å². The zero-order valence-electron chi connectivity index (χ0n) is 18.0. The third-order valence-electron chi connectivity index (χ3n) is 3.07. The number of rotatable bonds is 7. The first-order valence-corrected chi connectivity index (χ1v) is 10.3. The molecule has 0 amide bonds. The molecule has 0 saturated carbocycles. The highest BCUT2D eigenvalue weighted by Crippen LogP contribution is 2.14. The lowest BCUT2D eigenvalue weighted by molar-refractivity contribution is -0.166. The second kappa shape index (κ2) is 17.6. The number of esters is 2. The Labute approximate surface area is 205 Å². The molecule has 0 fully saturated rings. The van der Waals surface area contributed by atoms with Gasteiger partial charge in [-0.1, -0.05) is 11.6 Å². The van der Waals surface area contributed by atoms with Crippen molar-refractivity contribution in [3.05, 3.63) is 51.2 Å². The minimum absolute atomic E-state index is 0. The molecule has 0 radical (unpaired) electrons. The van der Waals surface area contributed by atoms with Crippen molar-refractivity contribution in [1.82, 2.24) is 4.98 Å². The van der Waals surface area contributed by atoms with E-state index in [0.717, 1.165) is 6.07 Å².